The van der Waals surface area contributed by atoms with Crippen LogP contribution in [0, 0.1) is 0 Å². The number of thioether (sulfide) groups is 1. The molecule has 0 spiro atoms. The van der Waals surface area contributed by atoms with Gasteiger partial charge in [0, 0.05) is 48.5 Å². The summed E-state index contributed by atoms with van der Waals surface area (Å²) in [6, 6.07) is 11.0. The minimum absolute atomic E-state index is 0.288. The van der Waals surface area contributed by atoms with Crippen molar-refractivity contribution in [1.82, 2.24) is 10.3 Å². The summed E-state index contributed by atoms with van der Waals surface area (Å²) in [7, 11) is 0. The van der Waals surface area contributed by atoms with Crippen LogP contribution in [-0.4, -0.2) is 49.0 Å². The Morgan fingerprint density at radius 3 is 2.76 bits per heavy atom. The van der Waals surface area contributed by atoms with Crippen molar-refractivity contribution in [2.75, 3.05) is 42.3 Å². The third-order valence-corrected chi connectivity index (χ3v) is 5.43. The molecule has 3 rings (SSSR count). The highest BCUT2D eigenvalue weighted by molar-refractivity contribution is 7.99. The van der Waals surface area contributed by atoms with Gasteiger partial charge in [-0.05, 0) is 18.2 Å². The van der Waals surface area contributed by atoms with E-state index in [0.717, 1.165) is 29.4 Å². The molecular formula is C20H25N5O3S. The van der Waals surface area contributed by atoms with Gasteiger partial charge in [0.05, 0.1) is 18.9 Å². The number of carbonyl (C=O) groups is 2. The average molecular weight is 416 g/mol. The molecule has 154 valence electrons. The molecule has 29 heavy (non-hydrogen) atoms. The largest absolute Gasteiger partial charge is 0.378 e. The van der Waals surface area contributed by atoms with Crippen LogP contribution in [0.25, 0.3) is 0 Å². The molecule has 2 heterocycles. The van der Waals surface area contributed by atoms with Crippen molar-refractivity contribution in [1.29, 1.82) is 0 Å². The summed E-state index contributed by atoms with van der Waals surface area (Å²) in [5, 5.41) is 5.77. The Morgan fingerprint density at radius 2 is 1.97 bits per heavy atom. The van der Waals surface area contributed by atoms with E-state index in [4.69, 9.17) is 10.5 Å². The van der Waals surface area contributed by atoms with Crippen molar-refractivity contribution >= 4 is 35.2 Å². The predicted octanol–water partition coefficient (Wildman–Crippen LogP) is 2.21. The van der Waals surface area contributed by atoms with Crippen LogP contribution < -0.4 is 21.3 Å². The van der Waals surface area contributed by atoms with Crippen LogP contribution in [-0.2, 0) is 16.1 Å². The highest BCUT2D eigenvalue weighted by Gasteiger charge is 2.16. The number of amides is 3. The summed E-state index contributed by atoms with van der Waals surface area (Å²) in [6.45, 7) is 3.28. The van der Waals surface area contributed by atoms with Gasteiger partial charge in [-0.1, -0.05) is 18.2 Å². The van der Waals surface area contributed by atoms with Crippen molar-refractivity contribution in [2.24, 2.45) is 5.73 Å². The van der Waals surface area contributed by atoms with E-state index in [1.807, 2.05) is 36.4 Å². The van der Waals surface area contributed by atoms with E-state index in [0.29, 0.717) is 31.2 Å². The van der Waals surface area contributed by atoms with Gasteiger partial charge in [-0.3, -0.25) is 4.79 Å². The maximum absolute atomic E-state index is 12.4. The fourth-order valence-corrected chi connectivity index (χ4v) is 3.90. The van der Waals surface area contributed by atoms with E-state index in [1.54, 1.807) is 6.20 Å². The van der Waals surface area contributed by atoms with Gasteiger partial charge in [0.2, 0.25) is 5.91 Å². The van der Waals surface area contributed by atoms with Crippen molar-refractivity contribution in [3.05, 3.63) is 48.2 Å². The number of urea groups is 1. The molecule has 1 aromatic carbocycles. The standard InChI is InChI=1S/C20H25N5O3S/c21-18(26)7-13-29-17-6-2-1-5-16(17)24-20(27)23-14-15-4-3-8-22-19(15)25-9-11-28-12-10-25/h1-6,8H,7,9-14H2,(H2,21,26)(H2,23,24,27). The summed E-state index contributed by atoms with van der Waals surface area (Å²) >= 11 is 1.48. The van der Waals surface area contributed by atoms with Crippen LogP contribution in [0.4, 0.5) is 16.3 Å². The Kier molecular flexibility index (Phi) is 7.71. The van der Waals surface area contributed by atoms with E-state index in [-0.39, 0.29) is 18.4 Å². The van der Waals surface area contributed by atoms with Crippen LogP contribution in [0.3, 0.4) is 0 Å². The number of nitrogens with zero attached hydrogens (tertiary/aromatic N) is 2. The zero-order chi connectivity index (χ0) is 20.5. The van der Waals surface area contributed by atoms with E-state index < -0.39 is 0 Å². The first kappa shape index (κ1) is 20.9. The molecule has 0 radical (unpaired) electrons. The molecule has 3 amide bonds. The number of aromatic nitrogens is 1. The number of nitrogens with one attached hydrogen (secondary N) is 2. The Balaban J connectivity index is 1.58. The minimum atomic E-state index is -0.340. The number of benzene rings is 1. The summed E-state index contributed by atoms with van der Waals surface area (Å²) in [4.78, 5) is 30.9. The number of rotatable bonds is 8. The van der Waals surface area contributed by atoms with Gasteiger partial charge in [0.15, 0.2) is 0 Å². The van der Waals surface area contributed by atoms with Gasteiger partial charge in [-0.15, -0.1) is 11.8 Å². The smallest absolute Gasteiger partial charge is 0.319 e. The Labute approximate surface area is 174 Å². The molecule has 1 aliphatic heterocycles. The lowest BCUT2D eigenvalue weighted by Gasteiger charge is -2.29. The monoisotopic (exact) mass is 415 g/mol. The van der Waals surface area contributed by atoms with Crippen molar-refractivity contribution < 1.29 is 14.3 Å². The van der Waals surface area contributed by atoms with Crippen molar-refractivity contribution in [3.8, 4) is 0 Å². The van der Waals surface area contributed by atoms with E-state index in [1.165, 1.54) is 11.8 Å². The van der Waals surface area contributed by atoms with E-state index >= 15 is 0 Å². The Morgan fingerprint density at radius 1 is 1.17 bits per heavy atom. The maximum Gasteiger partial charge on any atom is 0.319 e. The fourth-order valence-electron chi connectivity index (χ4n) is 2.93. The first-order valence-corrected chi connectivity index (χ1v) is 10.4. The summed E-state index contributed by atoms with van der Waals surface area (Å²) in [5.74, 6) is 1.10. The first-order valence-electron chi connectivity index (χ1n) is 9.45. The number of primary amides is 1. The average Bonchev–Trinajstić information content (AvgIpc) is 2.74. The second kappa shape index (κ2) is 10.7. The summed E-state index contributed by atoms with van der Waals surface area (Å²) < 4.78 is 5.40. The van der Waals surface area contributed by atoms with Gasteiger partial charge in [-0.25, -0.2) is 9.78 Å². The second-order valence-corrected chi connectivity index (χ2v) is 7.59. The number of pyridine rings is 1. The molecule has 0 aliphatic carbocycles. The number of ether oxygens (including phenoxy) is 1. The van der Waals surface area contributed by atoms with Crippen LogP contribution in [0.5, 0.6) is 0 Å². The van der Waals surface area contributed by atoms with Gasteiger partial charge < -0.3 is 26.0 Å². The van der Waals surface area contributed by atoms with Crippen LogP contribution in [0.15, 0.2) is 47.5 Å². The number of para-hydroxylation sites is 1. The molecule has 0 bridgehead atoms. The lowest BCUT2D eigenvalue weighted by Crippen LogP contribution is -2.38. The van der Waals surface area contributed by atoms with Crippen molar-refractivity contribution in [2.45, 2.75) is 17.9 Å². The number of nitrogens with two attached hydrogens (primary N) is 1. The highest BCUT2D eigenvalue weighted by atomic mass is 32.2. The molecule has 1 aliphatic rings. The molecule has 0 unspecified atom stereocenters. The minimum Gasteiger partial charge on any atom is -0.378 e. The Hall–Kier alpha value is -2.78. The predicted molar refractivity (Wildman–Crippen MR) is 114 cm³/mol. The zero-order valence-electron chi connectivity index (χ0n) is 16.1. The molecule has 1 aromatic heterocycles. The topological polar surface area (TPSA) is 110 Å². The molecule has 2 aromatic rings. The molecule has 4 N–H and O–H groups in total. The number of morpholine rings is 1. The molecule has 1 fully saturated rings. The number of anilines is 2. The van der Waals surface area contributed by atoms with Crippen LogP contribution >= 0.6 is 11.8 Å². The van der Waals surface area contributed by atoms with Gasteiger partial charge in [0.1, 0.15) is 5.82 Å². The lowest BCUT2D eigenvalue weighted by molar-refractivity contribution is -0.117. The zero-order valence-corrected chi connectivity index (χ0v) is 16.9. The Bertz CT molecular complexity index is 842. The molecule has 1 saturated heterocycles. The van der Waals surface area contributed by atoms with Gasteiger partial charge in [-0.2, -0.15) is 0 Å². The van der Waals surface area contributed by atoms with Gasteiger partial charge in [0.25, 0.3) is 0 Å². The highest BCUT2D eigenvalue weighted by Crippen LogP contribution is 2.27. The number of carbonyl (C=O) groups excluding carboxylic acids is 2. The molecule has 9 heteroatoms. The SMILES string of the molecule is NC(=O)CCSc1ccccc1NC(=O)NCc1cccnc1N1CCOCC1. The van der Waals surface area contributed by atoms with E-state index in [9.17, 15) is 9.59 Å². The molecule has 0 saturated carbocycles. The maximum atomic E-state index is 12.4. The van der Waals surface area contributed by atoms with Crippen molar-refractivity contribution in [3.63, 3.8) is 0 Å². The third-order valence-electron chi connectivity index (χ3n) is 4.36. The summed E-state index contributed by atoms with van der Waals surface area (Å²) in [5.41, 5.74) is 6.83. The first-order chi connectivity index (χ1) is 14.1. The molecule has 8 nitrogen and oxygen atoms in total. The fraction of sp³-hybridized carbons (Fsp3) is 0.350. The number of hydrogen-bond donors (Lipinski definition) is 3. The van der Waals surface area contributed by atoms with Crippen LogP contribution in [0.2, 0.25) is 0 Å². The van der Waals surface area contributed by atoms with Gasteiger partial charge >= 0.3 is 6.03 Å². The lowest BCUT2D eigenvalue weighted by atomic mass is 10.2. The number of hydrogen-bond acceptors (Lipinski definition) is 6. The normalized spacial score (nSPS) is 13.7. The summed E-state index contributed by atoms with van der Waals surface area (Å²) in [6.07, 6.45) is 2.05. The quantitative estimate of drug-likeness (QED) is 0.570. The molecule has 0 atom stereocenters. The third kappa shape index (κ3) is 6.37. The second-order valence-electron chi connectivity index (χ2n) is 6.45. The van der Waals surface area contributed by atoms with Crippen LogP contribution in [0.1, 0.15) is 12.0 Å². The molecular weight excluding hydrogens is 390 g/mol. The van der Waals surface area contributed by atoms with E-state index in [2.05, 4.69) is 20.5 Å².